The zero-order valence-electron chi connectivity index (χ0n) is 16.2. The van der Waals surface area contributed by atoms with E-state index >= 15 is 0 Å². The molecule has 2 aliphatic heterocycles. The van der Waals surface area contributed by atoms with E-state index in [1.165, 1.54) is 6.07 Å². The van der Waals surface area contributed by atoms with Crippen LogP contribution in [0.25, 0.3) is 5.57 Å². The largest absolute Gasteiger partial charge is 0.445 e. The number of ether oxygens (including phenoxy) is 1. The molecular formula is C23H21F4NO2. The van der Waals surface area contributed by atoms with Crippen LogP contribution in [-0.4, -0.2) is 23.1 Å². The summed E-state index contributed by atoms with van der Waals surface area (Å²) in [5.74, 6) is -1.28. The molecule has 0 aromatic heterocycles. The Morgan fingerprint density at radius 3 is 2.53 bits per heavy atom. The Bertz CT molecular complexity index is 955. The molecule has 0 N–H and O–H groups in total. The van der Waals surface area contributed by atoms with Crippen LogP contribution < -0.4 is 0 Å². The number of nitrogens with zero attached hydrogens (tertiary/aromatic N) is 1. The second-order valence-electron chi connectivity index (χ2n) is 7.69. The Morgan fingerprint density at radius 1 is 1.10 bits per heavy atom. The number of carbonyl (C=O) groups is 1. The van der Waals surface area contributed by atoms with Gasteiger partial charge in [-0.3, -0.25) is 4.90 Å². The summed E-state index contributed by atoms with van der Waals surface area (Å²) in [5, 5.41) is 0. The fraction of sp³-hybridized carbons (Fsp3) is 0.348. The fourth-order valence-corrected chi connectivity index (χ4v) is 4.27. The normalized spacial score (nSPS) is 21.2. The summed E-state index contributed by atoms with van der Waals surface area (Å²) in [5.41, 5.74) is 0.817. The highest BCUT2D eigenvalue weighted by Crippen LogP contribution is 2.39. The van der Waals surface area contributed by atoms with Gasteiger partial charge in [-0.15, -0.1) is 0 Å². The maximum Gasteiger partial charge on any atom is 0.419 e. The van der Waals surface area contributed by atoms with Crippen molar-refractivity contribution in [2.24, 2.45) is 0 Å². The zero-order valence-corrected chi connectivity index (χ0v) is 16.2. The maximum atomic E-state index is 14.0. The van der Waals surface area contributed by atoms with Crippen LogP contribution in [0, 0.1) is 5.82 Å². The van der Waals surface area contributed by atoms with Gasteiger partial charge in [0.05, 0.1) is 11.6 Å². The van der Waals surface area contributed by atoms with Gasteiger partial charge in [0.2, 0.25) is 0 Å². The van der Waals surface area contributed by atoms with Gasteiger partial charge in [-0.2, -0.15) is 13.2 Å². The molecule has 2 aliphatic rings. The van der Waals surface area contributed by atoms with Crippen LogP contribution in [0.4, 0.5) is 22.4 Å². The van der Waals surface area contributed by atoms with Gasteiger partial charge in [0, 0.05) is 6.04 Å². The number of benzene rings is 2. The van der Waals surface area contributed by atoms with Crippen molar-refractivity contribution in [1.29, 1.82) is 0 Å². The zero-order chi connectivity index (χ0) is 21.3. The lowest BCUT2D eigenvalue weighted by Crippen LogP contribution is -2.51. The van der Waals surface area contributed by atoms with Crippen molar-refractivity contribution in [1.82, 2.24) is 4.90 Å². The molecule has 2 aromatic rings. The standard InChI is InChI=1S/C23H21F4NO2/c24-21-13-16(9-10-20(21)23(25,26)27)17-11-18-7-4-8-19(12-17)28(18)22(29)30-14-15-5-2-1-3-6-15/h1-3,5-6,9-11,13,18-19H,4,7-8,12,14H2. The molecule has 158 valence electrons. The lowest BCUT2D eigenvalue weighted by atomic mass is 9.83. The molecule has 1 fully saturated rings. The Hall–Kier alpha value is -2.83. The summed E-state index contributed by atoms with van der Waals surface area (Å²) in [6.45, 7) is 0.177. The molecule has 0 aliphatic carbocycles. The summed E-state index contributed by atoms with van der Waals surface area (Å²) in [4.78, 5) is 14.4. The van der Waals surface area contributed by atoms with Crippen LogP contribution in [0.5, 0.6) is 0 Å². The third-order valence-electron chi connectivity index (χ3n) is 5.70. The van der Waals surface area contributed by atoms with Crippen LogP contribution in [-0.2, 0) is 17.5 Å². The van der Waals surface area contributed by atoms with E-state index in [0.717, 1.165) is 42.5 Å². The van der Waals surface area contributed by atoms with E-state index < -0.39 is 23.7 Å². The van der Waals surface area contributed by atoms with Gasteiger partial charge in [0.25, 0.3) is 0 Å². The van der Waals surface area contributed by atoms with E-state index in [1.54, 1.807) is 4.90 Å². The maximum absolute atomic E-state index is 14.0. The molecule has 3 nitrogen and oxygen atoms in total. The quantitative estimate of drug-likeness (QED) is 0.555. The molecular weight excluding hydrogens is 398 g/mol. The van der Waals surface area contributed by atoms with Crippen molar-refractivity contribution in [3.8, 4) is 0 Å². The second-order valence-corrected chi connectivity index (χ2v) is 7.69. The van der Waals surface area contributed by atoms with Crippen molar-refractivity contribution >= 4 is 11.7 Å². The number of hydrogen-bond donors (Lipinski definition) is 0. The minimum absolute atomic E-state index is 0.114. The van der Waals surface area contributed by atoms with Crippen molar-refractivity contribution in [2.75, 3.05) is 0 Å². The molecule has 4 rings (SSSR count). The average molecular weight is 419 g/mol. The second kappa shape index (κ2) is 8.13. The Labute approximate surface area is 171 Å². The van der Waals surface area contributed by atoms with Crippen LogP contribution in [0.2, 0.25) is 0 Å². The summed E-state index contributed by atoms with van der Waals surface area (Å²) in [6.07, 6.45) is -0.339. The van der Waals surface area contributed by atoms with Crippen LogP contribution in [0.1, 0.15) is 42.4 Å². The SMILES string of the molecule is O=C(OCc1ccccc1)N1C2C=C(c3ccc(C(F)(F)F)c(F)c3)CC1CCC2. The summed E-state index contributed by atoms with van der Waals surface area (Å²) >= 11 is 0. The Kier molecular flexibility index (Phi) is 5.54. The highest BCUT2D eigenvalue weighted by atomic mass is 19.4. The number of carbonyl (C=O) groups excluding carboxylic acids is 1. The number of amides is 1. The molecule has 30 heavy (non-hydrogen) atoms. The predicted molar refractivity (Wildman–Crippen MR) is 104 cm³/mol. The monoisotopic (exact) mass is 419 g/mol. The van der Waals surface area contributed by atoms with Crippen molar-refractivity contribution in [3.63, 3.8) is 0 Å². The van der Waals surface area contributed by atoms with Crippen LogP contribution in [0.3, 0.4) is 0 Å². The first-order valence-corrected chi connectivity index (χ1v) is 9.90. The lowest BCUT2D eigenvalue weighted by Gasteiger charge is -2.44. The fourth-order valence-electron chi connectivity index (χ4n) is 4.27. The average Bonchev–Trinajstić information content (AvgIpc) is 2.70. The van der Waals surface area contributed by atoms with E-state index in [4.69, 9.17) is 4.74 Å². The Morgan fingerprint density at radius 2 is 1.87 bits per heavy atom. The summed E-state index contributed by atoms with van der Waals surface area (Å²) < 4.78 is 58.0. The van der Waals surface area contributed by atoms with Gasteiger partial charge in [-0.05, 0) is 54.5 Å². The first-order chi connectivity index (χ1) is 14.3. The van der Waals surface area contributed by atoms with Gasteiger partial charge in [0.15, 0.2) is 0 Å². The van der Waals surface area contributed by atoms with E-state index in [2.05, 4.69) is 0 Å². The van der Waals surface area contributed by atoms with Gasteiger partial charge in [0.1, 0.15) is 12.4 Å². The third-order valence-corrected chi connectivity index (χ3v) is 5.70. The van der Waals surface area contributed by atoms with Crippen molar-refractivity contribution in [2.45, 2.75) is 50.6 Å². The number of halogens is 4. The first-order valence-electron chi connectivity index (χ1n) is 9.90. The molecule has 2 bridgehead atoms. The Balaban J connectivity index is 1.52. The van der Waals surface area contributed by atoms with Gasteiger partial charge < -0.3 is 4.74 Å². The van der Waals surface area contributed by atoms with Crippen molar-refractivity contribution in [3.05, 3.63) is 77.1 Å². The third kappa shape index (κ3) is 4.20. The number of hydrogen-bond acceptors (Lipinski definition) is 2. The van der Waals surface area contributed by atoms with Crippen LogP contribution >= 0.6 is 0 Å². The van der Waals surface area contributed by atoms with Gasteiger partial charge in [-0.1, -0.05) is 42.5 Å². The number of piperidine rings is 1. The minimum atomic E-state index is -4.72. The van der Waals surface area contributed by atoms with Crippen molar-refractivity contribution < 1.29 is 27.1 Å². The minimum Gasteiger partial charge on any atom is -0.445 e. The topological polar surface area (TPSA) is 29.5 Å². The molecule has 0 saturated carbocycles. The van der Waals surface area contributed by atoms with E-state index in [-0.39, 0.29) is 18.7 Å². The van der Waals surface area contributed by atoms with Crippen LogP contribution in [0.15, 0.2) is 54.6 Å². The highest BCUT2D eigenvalue weighted by molar-refractivity contribution is 5.74. The molecule has 7 heteroatoms. The highest BCUT2D eigenvalue weighted by Gasteiger charge is 2.39. The molecule has 2 unspecified atom stereocenters. The lowest BCUT2D eigenvalue weighted by molar-refractivity contribution is -0.140. The molecule has 1 amide bonds. The smallest absolute Gasteiger partial charge is 0.419 e. The molecule has 1 saturated heterocycles. The molecule has 0 spiro atoms. The van der Waals surface area contributed by atoms with Gasteiger partial charge >= 0.3 is 12.3 Å². The predicted octanol–water partition coefficient (Wildman–Crippen LogP) is 6.19. The number of alkyl halides is 3. The van der Waals surface area contributed by atoms with Gasteiger partial charge in [-0.25, -0.2) is 9.18 Å². The summed E-state index contributed by atoms with van der Waals surface area (Å²) in [6, 6.07) is 12.1. The molecule has 2 atom stereocenters. The van der Waals surface area contributed by atoms with E-state index in [9.17, 15) is 22.4 Å². The summed E-state index contributed by atoms with van der Waals surface area (Å²) in [7, 11) is 0. The molecule has 0 radical (unpaired) electrons. The van der Waals surface area contributed by atoms with E-state index in [1.807, 2.05) is 36.4 Å². The molecule has 2 heterocycles. The molecule has 2 aromatic carbocycles. The van der Waals surface area contributed by atoms with E-state index in [0.29, 0.717) is 12.0 Å². The first kappa shape index (κ1) is 20.4. The number of rotatable bonds is 3. The number of fused-ring (bicyclic) bond motifs is 2.